The predicted octanol–water partition coefficient (Wildman–Crippen LogP) is 7.28. The summed E-state index contributed by atoms with van der Waals surface area (Å²) in [7, 11) is 0. The average molecular weight is 579 g/mol. The highest BCUT2D eigenvalue weighted by molar-refractivity contribution is 5.91. The highest BCUT2D eigenvalue weighted by Crippen LogP contribution is 2.22. The van der Waals surface area contributed by atoms with Gasteiger partial charge < -0.3 is 15.5 Å². The van der Waals surface area contributed by atoms with E-state index in [1.165, 1.54) is 44.0 Å². The lowest BCUT2D eigenvalue weighted by molar-refractivity contribution is -0.160. The standard InChI is InChI=1S/C35H45FNO5/c1-3-4-5-8-11-14-31(38)15-12-9-6-7-10-13-16-32(35(2,42)34(40)41)33(39)37-26-25-27-17-19-28(20-18-27)29-21-23-30(36)24-22-29/h2,13,16-24,26,32,42H,3-12,14-15,25H2,1H3,(H,37,39)(H,40,41)/b16-13+/t32-,35+/m1/s1. The largest absolute Gasteiger partial charge is 0.479 e. The van der Waals surface area contributed by atoms with Gasteiger partial charge in [0.15, 0.2) is 5.60 Å². The van der Waals surface area contributed by atoms with Gasteiger partial charge in [0, 0.05) is 19.8 Å². The molecule has 0 heterocycles. The van der Waals surface area contributed by atoms with Crippen LogP contribution in [0.4, 0.5) is 4.39 Å². The maximum atomic E-state index is 13.2. The van der Waals surface area contributed by atoms with Crippen LogP contribution in [-0.4, -0.2) is 33.5 Å². The molecule has 0 fully saturated rings. The maximum Gasteiger partial charge on any atom is 0.337 e. The first-order valence-electron chi connectivity index (χ1n) is 15.0. The minimum absolute atomic E-state index is 0.302. The Morgan fingerprint density at radius 1 is 0.881 bits per heavy atom. The smallest absolute Gasteiger partial charge is 0.337 e. The summed E-state index contributed by atoms with van der Waals surface area (Å²) in [6.07, 6.45) is 14.5. The van der Waals surface area contributed by atoms with Crippen molar-refractivity contribution >= 4 is 17.7 Å². The normalized spacial score (nSPS) is 13.5. The molecule has 3 radical (unpaired) electrons. The number of carbonyl (C=O) groups is 3. The van der Waals surface area contributed by atoms with Crippen molar-refractivity contribution in [2.45, 2.75) is 96.0 Å². The SMILES string of the molecule is [CH][C@@](O)(C(=O)O)[C@H](/C=C/CCCCCCC(=O)CCCCCCC)C(=O)N[CH]Cc1ccc(-c2ccc(F)cc2)cc1. The van der Waals surface area contributed by atoms with Gasteiger partial charge in [-0.3, -0.25) is 9.59 Å². The fraction of sp³-hybridized carbons (Fsp3) is 0.457. The third-order valence-electron chi connectivity index (χ3n) is 7.28. The second-order valence-electron chi connectivity index (χ2n) is 10.8. The van der Waals surface area contributed by atoms with Crippen molar-refractivity contribution in [1.82, 2.24) is 5.32 Å². The number of amides is 1. The summed E-state index contributed by atoms with van der Waals surface area (Å²) in [6, 6.07) is 13.7. The number of aliphatic carboxylic acids is 1. The van der Waals surface area contributed by atoms with E-state index in [9.17, 15) is 29.0 Å². The van der Waals surface area contributed by atoms with Crippen molar-refractivity contribution in [3.63, 3.8) is 0 Å². The Balaban J connectivity index is 1.74. The van der Waals surface area contributed by atoms with Crippen molar-refractivity contribution in [3.05, 3.63) is 85.5 Å². The Labute approximate surface area is 250 Å². The Bertz CT molecular complexity index is 1130. The van der Waals surface area contributed by atoms with E-state index >= 15 is 0 Å². The molecule has 2 atom stereocenters. The van der Waals surface area contributed by atoms with E-state index in [0.29, 0.717) is 31.5 Å². The van der Waals surface area contributed by atoms with Gasteiger partial charge in [0.25, 0.3) is 0 Å². The van der Waals surface area contributed by atoms with Crippen molar-refractivity contribution in [2.75, 3.05) is 0 Å². The number of halogens is 1. The molecule has 0 aromatic heterocycles. The van der Waals surface area contributed by atoms with Crippen LogP contribution < -0.4 is 5.32 Å². The molecule has 0 aliphatic carbocycles. The van der Waals surface area contributed by atoms with Crippen LogP contribution in [0.25, 0.3) is 11.1 Å². The topological polar surface area (TPSA) is 104 Å². The summed E-state index contributed by atoms with van der Waals surface area (Å²) < 4.78 is 13.2. The van der Waals surface area contributed by atoms with E-state index in [1.54, 1.807) is 18.2 Å². The first kappa shape index (κ1) is 34.9. The second kappa shape index (κ2) is 19.0. The maximum absolute atomic E-state index is 13.2. The number of carboxylic acids is 1. The molecule has 0 saturated heterocycles. The molecule has 2 rings (SSSR count). The number of carboxylic acid groups (broad SMARTS) is 1. The minimum atomic E-state index is -2.76. The molecular weight excluding hydrogens is 533 g/mol. The third-order valence-corrected chi connectivity index (χ3v) is 7.28. The molecular formula is C35H45FNO5. The van der Waals surface area contributed by atoms with Crippen LogP contribution in [0.3, 0.4) is 0 Å². The molecule has 0 saturated carbocycles. The molecule has 0 aliphatic rings. The zero-order valence-corrected chi connectivity index (χ0v) is 24.7. The Kier molecular flexibility index (Phi) is 15.8. The number of nitrogens with one attached hydrogen (secondary N) is 1. The minimum Gasteiger partial charge on any atom is -0.479 e. The summed E-state index contributed by atoms with van der Waals surface area (Å²) in [6.45, 7) is 9.27. The number of allylic oxidation sites excluding steroid dienone is 1. The predicted molar refractivity (Wildman–Crippen MR) is 164 cm³/mol. The first-order chi connectivity index (χ1) is 20.1. The number of aliphatic hydroxyl groups is 1. The highest BCUT2D eigenvalue weighted by atomic mass is 19.1. The van der Waals surface area contributed by atoms with Crippen LogP contribution in [0, 0.1) is 25.2 Å². The summed E-state index contributed by atoms with van der Waals surface area (Å²) >= 11 is 0. The fourth-order valence-corrected chi connectivity index (χ4v) is 4.62. The van der Waals surface area contributed by atoms with E-state index in [1.807, 2.05) is 24.3 Å². The molecule has 0 bridgehead atoms. The van der Waals surface area contributed by atoms with Gasteiger partial charge in [-0.15, -0.1) is 0 Å². The van der Waals surface area contributed by atoms with Crippen molar-refractivity contribution < 1.29 is 29.0 Å². The van der Waals surface area contributed by atoms with Gasteiger partial charge in [0.2, 0.25) is 5.91 Å². The summed E-state index contributed by atoms with van der Waals surface area (Å²) in [4.78, 5) is 36.3. The molecule has 42 heavy (non-hydrogen) atoms. The zero-order chi connectivity index (χ0) is 30.8. The number of hydrogen-bond donors (Lipinski definition) is 3. The lowest BCUT2D eigenvalue weighted by Gasteiger charge is -2.25. The molecule has 0 unspecified atom stereocenters. The van der Waals surface area contributed by atoms with Crippen LogP contribution in [0.1, 0.15) is 89.5 Å². The molecule has 3 N–H and O–H groups in total. The van der Waals surface area contributed by atoms with Crippen LogP contribution >= 0.6 is 0 Å². The van der Waals surface area contributed by atoms with Gasteiger partial charge in [0.1, 0.15) is 11.6 Å². The lowest BCUT2D eigenvalue weighted by atomic mass is 9.87. The number of Topliss-reactive ketones (excluding diaryl/α,β-unsaturated/α-hetero) is 1. The molecule has 0 aliphatic heterocycles. The van der Waals surface area contributed by atoms with E-state index < -0.39 is 23.4 Å². The van der Waals surface area contributed by atoms with E-state index in [0.717, 1.165) is 55.2 Å². The summed E-state index contributed by atoms with van der Waals surface area (Å²) in [5.41, 5.74) is -0.0703. The number of unbranched alkanes of at least 4 members (excludes halogenated alkanes) is 8. The number of benzene rings is 2. The summed E-state index contributed by atoms with van der Waals surface area (Å²) in [5.74, 6) is -3.88. The van der Waals surface area contributed by atoms with Crippen LogP contribution in [0.2, 0.25) is 0 Å². The Morgan fingerprint density at radius 2 is 1.43 bits per heavy atom. The van der Waals surface area contributed by atoms with Gasteiger partial charge >= 0.3 is 5.97 Å². The van der Waals surface area contributed by atoms with Gasteiger partial charge in [-0.1, -0.05) is 94.0 Å². The summed E-state index contributed by atoms with van der Waals surface area (Å²) in [5, 5.41) is 22.3. The van der Waals surface area contributed by atoms with Gasteiger partial charge in [-0.25, -0.2) is 9.18 Å². The number of ketones is 1. The molecule has 0 spiro atoms. The molecule has 7 heteroatoms. The molecule has 6 nitrogen and oxygen atoms in total. The zero-order valence-electron chi connectivity index (χ0n) is 24.7. The van der Waals surface area contributed by atoms with Gasteiger partial charge in [0.05, 0.1) is 12.5 Å². The lowest BCUT2D eigenvalue weighted by Crippen LogP contribution is -2.49. The van der Waals surface area contributed by atoms with E-state index in [2.05, 4.69) is 12.2 Å². The van der Waals surface area contributed by atoms with E-state index in [-0.39, 0.29) is 5.82 Å². The Hall–Kier alpha value is -3.32. The van der Waals surface area contributed by atoms with E-state index in [4.69, 9.17) is 6.92 Å². The number of rotatable bonds is 21. The molecule has 2 aromatic rings. The van der Waals surface area contributed by atoms with Crippen LogP contribution in [-0.2, 0) is 20.8 Å². The van der Waals surface area contributed by atoms with Crippen LogP contribution in [0.15, 0.2) is 60.7 Å². The average Bonchev–Trinajstić information content (AvgIpc) is 2.96. The number of carbonyl (C=O) groups excluding carboxylic acids is 2. The highest BCUT2D eigenvalue weighted by Gasteiger charge is 2.42. The first-order valence-corrected chi connectivity index (χ1v) is 15.0. The van der Waals surface area contributed by atoms with Gasteiger partial charge in [-0.05, 0) is 60.9 Å². The molecule has 2 aromatic carbocycles. The van der Waals surface area contributed by atoms with Crippen molar-refractivity contribution in [2.24, 2.45) is 5.92 Å². The quantitative estimate of drug-likeness (QED) is 0.107. The second-order valence-corrected chi connectivity index (χ2v) is 10.8. The van der Waals surface area contributed by atoms with Crippen LogP contribution in [0.5, 0.6) is 0 Å². The monoisotopic (exact) mass is 578 g/mol. The molecule has 1 amide bonds. The fourth-order valence-electron chi connectivity index (χ4n) is 4.62. The Morgan fingerprint density at radius 3 is 2.00 bits per heavy atom. The van der Waals surface area contributed by atoms with Gasteiger partial charge in [-0.2, -0.15) is 0 Å². The molecule has 227 valence electrons. The van der Waals surface area contributed by atoms with Crippen molar-refractivity contribution in [1.29, 1.82) is 0 Å². The van der Waals surface area contributed by atoms with Crippen molar-refractivity contribution in [3.8, 4) is 11.1 Å². The third kappa shape index (κ3) is 12.7. The number of hydrogen-bond acceptors (Lipinski definition) is 4.